The third-order valence-corrected chi connectivity index (χ3v) is 6.53. The van der Waals surface area contributed by atoms with Gasteiger partial charge in [0.1, 0.15) is 0 Å². The molecule has 116 valence electrons. The molecule has 4 heterocycles. The summed E-state index contributed by atoms with van der Waals surface area (Å²) in [4.78, 5) is 24.2. The van der Waals surface area contributed by atoms with Gasteiger partial charge in [-0.15, -0.1) is 22.7 Å². The SMILES string of the molecule is Cc1cnc(N2CCC(C(=O)N3CCc4sccc4C3)C2)s1. The van der Waals surface area contributed by atoms with E-state index < -0.39 is 0 Å². The Morgan fingerprint density at radius 3 is 3.14 bits per heavy atom. The fourth-order valence-electron chi connectivity index (χ4n) is 3.32. The lowest BCUT2D eigenvalue weighted by molar-refractivity contribution is -0.135. The topological polar surface area (TPSA) is 36.4 Å². The number of hydrogen-bond donors (Lipinski definition) is 0. The Kier molecular flexibility index (Phi) is 3.66. The van der Waals surface area contributed by atoms with E-state index >= 15 is 0 Å². The number of carbonyl (C=O) groups excluding carboxylic acids is 1. The molecule has 1 saturated heterocycles. The molecule has 4 rings (SSSR count). The van der Waals surface area contributed by atoms with Gasteiger partial charge < -0.3 is 9.80 Å². The number of fused-ring (bicyclic) bond motifs is 1. The van der Waals surface area contributed by atoms with E-state index in [2.05, 4.69) is 33.2 Å². The molecule has 1 fully saturated rings. The van der Waals surface area contributed by atoms with Gasteiger partial charge in [-0.2, -0.15) is 0 Å². The van der Waals surface area contributed by atoms with Gasteiger partial charge in [0.25, 0.3) is 0 Å². The average molecular weight is 333 g/mol. The first-order chi connectivity index (χ1) is 10.7. The quantitative estimate of drug-likeness (QED) is 0.848. The summed E-state index contributed by atoms with van der Waals surface area (Å²) in [6, 6.07) is 2.17. The highest BCUT2D eigenvalue weighted by atomic mass is 32.1. The number of carbonyl (C=O) groups is 1. The third kappa shape index (κ3) is 2.54. The van der Waals surface area contributed by atoms with Crippen LogP contribution in [-0.4, -0.2) is 35.4 Å². The maximum Gasteiger partial charge on any atom is 0.227 e. The third-order valence-electron chi connectivity index (χ3n) is 4.54. The summed E-state index contributed by atoms with van der Waals surface area (Å²) in [6.45, 7) is 5.51. The zero-order valence-corrected chi connectivity index (χ0v) is 14.3. The van der Waals surface area contributed by atoms with Gasteiger partial charge in [-0.1, -0.05) is 0 Å². The highest BCUT2D eigenvalue weighted by Crippen LogP contribution is 2.30. The Labute approximate surface area is 138 Å². The van der Waals surface area contributed by atoms with E-state index in [0.29, 0.717) is 5.91 Å². The minimum Gasteiger partial charge on any atom is -0.347 e. The zero-order chi connectivity index (χ0) is 15.1. The molecule has 4 nitrogen and oxygen atoms in total. The second-order valence-corrected chi connectivity index (χ2v) is 8.28. The Morgan fingerprint density at radius 2 is 2.32 bits per heavy atom. The number of aromatic nitrogens is 1. The maximum atomic E-state index is 12.8. The molecule has 0 saturated carbocycles. The lowest BCUT2D eigenvalue weighted by atomic mass is 10.0. The Bertz CT molecular complexity index is 693. The van der Waals surface area contributed by atoms with Gasteiger partial charge in [0.2, 0.25) is 5.91 Å². The molecule has 0 aliphatic carbocycles. The largest absolute Gasteiger partial charge is 0.347 e. The smallest absolute Gasteiger partial charge is 0.227 e. The lowest BCUT2D eigenvalue weighted by Gasteiger charge is -2.29. The molecule has 0 radical (unpaired) electrons. The van der Waals surface area contributed by atoms with Crippen LogP contribution in [0.15, 0.2) is 17.6 Å². The molecule has 2 aliphatic heterocycles. The maximum absolute atomic E-state index is 12.8. The predicted molar refractivity (Wildman–Crippen MR) is 90.6 cm³/mol. The van der Waals surface area contributed by atoms with Crippen LogP contribution in [0.3, 0.4) is 0 Å². The molecule has 2 aliphatic rings. The van der Waals surface area contributed by atoms with Crippen molar-refractivity contribution in [1.82, 2.24) is 9.88 Å². The summed E-state index contributed by atoms with van der Waals surface area (Å²) >= 11 is 3.54. The number of amides is 1. The van der Waals surface area contributed by atoms with Crippen LogP contribution >= 0.6 is 22.7 Å². The molecule has 0 aromatic carbocycles. The fraction of sp³-hybridized carbons (Fsp3) is 0.500. The molecular weight excluding hydrogens is 314 g/mol. The van der Waals surface area contributed by atoms with Crippen LogP contribution in [-0.2, 0) is 17.8 Å². The van der Waals surface area contributed by atoms with Crippen LogP contribution in [0.4, 0.5) is 5.13 Å². The van der Waals surface area contributed by atoms with Gasteiger partial charge in [0.05, 0.1) is 5.92 Å². The minimum absolute atomic E-state index is 0.129. The second kappa shape index (κ2) is 5.66. The first kappa shape index (κ1) is 14.2. The Balaban J connectivity index is 1.42. The Hall–Kier alpha value is -1.40. The summed E-state index contributed by atoms with van der Waals surface area (Å²) in [5.74, 6) is 0.456. The molecule has 0 bridgehead atoms. The van der Waals surface area contributed by atoms with Gasteiger partial charge >= 0.3 is 0 Å². The zero-order valence-electron chi connectivity index (χ0n) is 12.6. The molecule has 22 heavy (non-hydrogen) atoms. The average Bonchev–Trinajstić information content (AvgIpc) is 3.25. The van der Waals surface area contributed by atoms with Crippen molar-refractivity contribution in [3.63, 3.8) is 0 Å². The van der Waals surface area contributed by atoms with E-state index in [1.165, 1.54) is 15.3 Å². The van der Waals surface area contributed by atoms with Gasteiger partial charge in [0.15, 0.2) is 5.13 Å². The monoisotopic (exact) mass is 333 g/mol. The van der Waals surface area contributed by atoms with E-state index in [1.54, 1.807) is 11.3 Å². The van der Waals surface area contributed by atoms with Gasteiger partial charge in [-0.3, -0.25) is 4.79 Å². The van der Waals surface area contributed by atoms with Crippen molar-refractivity contribution in [3.8, 4) is 0 Å². The summed E-state index contributed by atoms with van der Waals surface area (Å²) in [5.41, 5.74) is 1.34. The first-order valence-electron chi connectivity index (χ1n) is 7.72. The number of aryl methyl sites for hydroxylation is 1. The summed E-state index contributed by atoms with van der Waals surface area (Å²) in [6.07, 6.45) is 3.88. The van der Waals surface area contributed by atoms with E-state index in [9.17, 15) is 4.79 Å². The van der Waals surface area contributed by atoms with Crippen molar-refractivity contribution in [2.24, 2.45) is 5.92 Å². The number of hydrogen-bond acceptors (Lipinski definition) is 5. The predicted octanol–water partition coefficient (Wildman–Crippen LogP) is 2.92. The Morgan fingerprint density at radius 1 is 1.41 bits per heavy atom. The molecule has 1 amide bonds. The molecular formula is C16H19N3OS2. The number of anilines is 1. The summed E-state index contributed by atoms with van der Waals surface area (Å²) in [7, 11) is 0. The molecule has 6 heteroatoms. The van der Waals surface area contributed by atoms with Crippen molar-refractivity contribution in [2.45, 2.75) is 26.3 Å². The van der Waals surface area contributed by atoms with Gasteiger partial charge in [0, 0.05) is 42.1 Å². The lowest BCUT2D eigenvalue weighted by Crippen LogP contribution is -2.40. The molecule has 1 unspecified atom stereocenters. The van der Waals surface area contributed by atoms with E-state index in [1.807, 2.05) is 17.5 Å². The first-order valence-corrected chi connectivity index (χ1v) is 9.42. The van der Waals surface area contributed by atoms with E-state index in [4.69, 9.17) is 0 Å². The van der Waals surface area contributed by atoms with Crippen LogP contribution in [0.2, 0.25) is 0 Å². The molecule has 0 spiro atoms. The second-order valence-electron chi connectivity index (χ2n) is 6.06. The van der Waals surface area contributed by atoms with Crippen LogP contribution in [0, 0.1) is 12.8 Å². The van der Waals surface area contributed by atoms with Crippen LogP contribution < -0.4 is 4.90 Å². The van der Waals surface area contributed by atoms with Crippen molar-refractivity contribution in [2.75, 3.05) is 24.5 Å². The number of thiazole rings is 1. The molecule has 2 aromatic rings. The molecule has 0 N–H and O–H groups in total. The standard InChI is InChI=1S/C16H19N3OS2/c1-11-8-17-16(22-11)19-5-2-13(10-19)15(20)18-6-3-14-12(9-18)4-7-21-14/h4,7-8,13H,2-3,5-6,9-10H2,1H3. The van der Waals surface area contributed by atoms with E-state index in [0.717, 1.165) is 44.2 Å². The summed E-state index contributed by atoms with van der Waals surface area (Å²) < 4.78 is 0. The molecule has 1 atom stereocenters. The molecule has 2 aromatic heterocycles. The highest BCUT2D eigenvalue weighted by molar-refractivity contribution is 7.15. The number of thiophene rings is 1. The fourth-order valence-corrected chi connectivity index (χ4v) is 5.00. The van der Waals surface area contributed by atoms with E-state index in [-0.39, 0.29) is 5.92 Å². The van der Waals surface area contributed by atoms with Gasteiger partial charge in [-0.05, 0) is 36.8 Å². The summed E-state index contributed by atoms with van der Waals surface area (Å²) in [5, 5.41) is 3.20. The minimum atomic E-state index is 0.129. The normalized spacial score (nSPS) is 21.2. The van der Waals surface area contributed by atoms with Gasteiger partial charge in [-0.25, -0.2) is 4.98 Å². The van der Waals surface area contributed by atoms with Crippen LogP contribution in [0.25, 0.3) is 0 Å². The van der Waals surface area contributed by atoms with Crippen molar-refractivity contribution in [3.05, 3.63) is 33.0 Å². The van der Waals surface area contributed by atoms with Crippen LogP contribution in [0.1, 0.15) is 21.7 Å². The van der Waals surface area contributed by atoms with Crippen molar-refractivity contribution < 1.29 is 4.79 Å². The highest BCUT2D eigenvalue weighted by Gasteiger charge is 2.33. The van der Waals surface area contributed by atoms with Crippen molar-refractivity contribution >= 4 is 33.7 Å². The number of nitrogens with zero attached hydrogens (tertiary/aromatic N) is 3. The van der Waals surface area contributed by atoms with Crippen molar-refractivity contribution in [1.29, 1.82) is 0 Å². The van der Waals surface area contributed by atoms with Crippen LogP contribution in [0.5, 0.6) is 0 Å². The number of rotatable bonds is 2.